The van der Waals surface area contributed by atoms with E-state index in [9.17, 15) is 9.59 Å². The molecule has 1 N–H and O–H groups in total. The van der Waals surface area contributed by atoms with Gasteiger partial charge in [-0.1, -0.05) is 31.7 Å². The Kier molecular flexibility index (Phi) is 6.47. The molecule has 21 heavy (non-hydrogen) atoms. The first kappa shape index (κ1) is 15.8. The van der Waals surface area contributed by atoms with Crippen molar-refractivity contribution in [2.75, 3.05) is 6.61 Å². The summed E-state index contributed by atoms with van der Waals surface area (Å²) in [7, 11) is 0. The largest absolute Gasteiger partial charge is 0.452 e. The minimum atomic E-state index is -0.487. The van der Waals surface area contributed by atoms with Gasteiger partial charge in [0, 0.05) is 17.0 Å². The quantitative estimate of drug-likeness (QED) is 0.516. The first-order valence-electron chi connectivity index (χ1n) is 7.42. The standard InChI is InChI=1S/C16H21NO3S/c18-15(17-13-6-3-1-2-4-7-13)12-20-16(19)10-9-14-8-5-11-21-14/h5,8-11,13H,1-4,6-7,12H2,(H,17,18)/b10-9+. The summed E-state index contributed by atoms with van der Waals surface area (Å²) in [4.78, 5) is 24.2. The second-order valence-electron chi connectivity index (χ2n) is 5.21. The molecule has 1 fully saturated rings. The second-order valence-corrected chi connectivity index (χ2v) is 6.19. The molecule has 0 unspecified atom stereocenters. The predicted octanol–water partition coefficient (Wildman–Crippen LogP) is 3.14. The van der Waals surface area contributed by atoms with E-state index in [-0.39, 0.29) is 18.6 Å². The van der Waals surface area contributed by atoms with Gasteiger partial charge in [-0.2, -0.15) is 0 Å². The van der Waals surface area contributed by atoms with Crippen LogP contribution in [0.25, 0.3) is 6.08 Å². The maximum atomic E-state index is 11.8. The van der Waals surface area contributed by atoms with E-state index in [1.165, 1.54) is 18.9 Å². The zero-order chi connectivity index (χ0) is 14.9. The third kappa shape index (κ3) is 6.12. The molecule has 4 nitrogen and oxygen atoms in total. The van der Waals surface area contributed by atoms with Crippen molar-refractivity contribution in [1.29, 1.82) is 0 Å². The number of esters is 1. The lowest BCUT2D eigenvalue weighted by Gasteiger charge is -2.15. The van der Waals surface area contributed by atoms with Crippen LogP contribution in [0.3, 0.4) is 0 Å². The molecule has 1 aromatic rings. The van der Waals surface area contributed by atoms with E-state index in [1.54, 1.807) is 17.4 Å². The van der Waals surface area contributed by atoms with E-state index < -0.39 is 5.97 Å². The molecule has 0 radical (unpaired) electrons. The van der Waals surface area contributed by atoms with Gasteiger partial charge in [0.15, 0.2) is 6.61 Å². The van der Waals surface area contributed by atoms with E-state index >= 15 is 0 Å². The van der Waals surface area contributed by atoms with Gasteiger partial charge in [0.2, 0.25) is 0 Å². The van der Waals surface area contributed by atoms with Gasteiger partial charge in [0.1, 0.15) is 0 Å². The van der Waals surface area contributed by atoms with Crippen LogP contribution in [0, 0.1) is 0 Å². The monoisotopic (exact) mass is 307 g/mol. The average molecular weight is 307 g/mol. The van der Waals surface area contributed by atoms with Gasteiger partial charge in [-0.15, -0.1) is 11.3 Å². The van der Waals surface area contributed by atoms with Crippen LogP contribution in [0.1, 0.15) is 43.4 Å². The zero-order valence-corrected chi connectivity index (χ0v) is 12.9. The van der Waals surface area contributed by atoms with Crippen molar-refractivity contribution in [3.63, 3.8) is 0 Å². The van der Waals surface area contributed by atoms with E-state index in [0.29, 0.717) is 0 Å². The highest BCUT2D eigenvalue weighted by molar-refractivity contribution is 7.10. The number of amides is 1. The van der Waals surface area contributed by atoms with Crippen molar-refractivity contribution >= 4 is 29.3 Å². The third-order valence-corrected chi connectivity index (χ3v) is 4.33. The Labute approximate surface area is 129 Å². The third-order valence-electron chi connectivity index (χ3n) is 3.49. The average Bonchev–Trinajstić information content (AvgIpc) is 2.87. The SMILES string of the molecule is O=C(COC(=O)/C=C/c1cccs1)NC1CCCCCC1. The normalized spacial score (nSPS) is 16.6. The van der Waals surface area contributed by atoms with E-state index in [4.69, 9.17) is 4.74 Å². The van der Waals surface area contributed by atoms with Crippen molar-refractivity contribution in [3.8, 4) is 0 Å². The van der Waals surface area contributed by atoms with Gasteiger partial charge in [-0.05, 0) is 30.4 Å². The van der Waals surface area contributed by atoms with Crippen LogP contribution in [0.5, 0.6) is 0 Å². The molecule has 0 spiro atoms. The number of rotatable bonds is 5. The fourth-order valence-corrected chi connectivity index (χ4v) is 3.03. The Hall–Kier alpha value is -1.62. The van der Waals surface area contributed by atoms with Crippen molar-refractivity contribution in [3.05, 3.63) is 28.5 Å². The molecular formula is C16H21NO3S. The molecule has 2 rings (SSSR count). The lowest BCUT2D eigenvalue weighted by molar-refractivity contribution is -0.144. The molecule has 0 atom stereocenters. The summed E-state index contributed by atoms with van der Waals surface area (Å²) in [5, 5.41) is 4.88. The second kappa shape index (κ2) is 8.62. The molecular weight excluding hydrogens is 286 g/mol. The number of nitrogens with one attached hydrogen (secondary N) is 1. The molecule has 1 aliphatic carbocycles. The smallest absolute Gasteiger partial charge is 0.331 e. The van der Waals surface area contributed by atoms with E-state index in [0.717, 1.165) is 30.6 Å². The van der Waals surface area contributed by atoms with Gasteiger partial charge in [-0.25, -0.2) is 4.79 Å². The molecule has 1 heterocycles. The Balaban J connectivity index is 1.67. The van der Waals surface area contributed by atoms with Crippen molar-refractivity contribution in [1.82, 2.24) is 5.32 Å². The molecule has 1 amide bonds. The summed E-state index contributed by atoms with van der Waals surface area (Å²) in [6.45, 7) is -0.204. The van der Waals surface area contributed by atoms with Crippen LogP contribution in [0.2, 0.25) is 0 Å². The summed E-state index contributed by atoms with van der Waals surface area (Å²) < 4.78 is 4.94. The fraction of sp³-hybridized carbons (Fsp3) is 0.500. The zero-order valence-electron chi connectivity index (χ0n) is 12.0. The van der Waals surface area contributed by atoms with Crippen LogP contribution in [0.15, 0.2) is 23.6 Å². The molecule has 5 heteroatoms. The Morgan fingerprint density at radius 2 is 2.05 bits per heavy atom. The number of hydrogen-bond acceptors (Lipinski definition) is 4. The first-order valence-corrected chi connectivity index (χ1v) is 8.30. The lowest BCUT2D eigenvalue weighted by atomic mass is 10.1. The van der Waals surface area contributed by atoms with Crippen LogP contribution in [0.4, 0.5) is 0 Å². The number of hydrogen-bond donors (Lipinski definition) is 1. The Morgan fingerprint density at radius 3 is 2.71 bits per heavy atom. The minimum Gasteiger partial charge on any atom is -0.452 e. The molecule has 0 aromatic carbocycles. The summed E-state index contributed by atoms with van der Waals surface area (Å²) in [6, 6.07) is 4.06. The molecule has 1 saturated carbocycles. The van der Waals surface area contributed by atoms with Gasteiger partial charge < -0.3 is 10.1 Å². The van der Waals surface area contributed by atoms with Crippen LogP contribution < -0.4 is 5.32 Å². The predicted molar refractivity (Wildman–Crippen MR) is 83.9 cm³/mol. The van der Waals surface area contributed by atoms with Crippen molar-refractivity contribution in [2.24, 2.45) is 0 Å². The summed E-state index contributed by atoms with van der Waals surface area (Å²) in [6.07, 6.45) is 9.91. The van der Waals surface area contributed by atoms with Gasteiger partial charge >= 0.3 is 5.97 Å². The highest BCUT2D eigenvalue weighted by Crippen LogP contribution is 2.17. The lowest BCUT2D eigenvalue weighted by Crippen LogP contribution is -2.37. The Bertz CT molecular complexity index is 474. The van der Waals surface area contributed by atoms with E-state index in [2.05, 4.69) is 5.32 Å². The van der Waals surface area contributed by atoms with E-state index in [1.807, 2.05) is 17.5 Å². The molecule has 114 valence electrons. The number of carbonyl (C=O) groups is 2. The van der Waals surface area contributed by atoms with Gasteiger partial charge in [0.05, 0.1) is 0 Å². The van der Waals surface area contributed by atoms with Gasteiger partial charge in [-0.3, -0.25) is 4.79 Å². The number of ether oxygens (including phenoxy) is 1. The molecule has 1 aliphatic rings. The number of carbonyl (C=O) groups excluding carboxylic acids is 2. The highest BCUT2D eigenvalue weighted by Gasteiger charge is 2.15. The van der Waals surface area contributed by atoms with Gasteiger partial charge in [0.25, 0.3) is 5.91 Å². The van der Waals surface area contributed by atoms with Crippen LogP contribution in [-0.2, 0) is 14.3 Å². The molecule has 1 aromatic heterocycles. The number of thiophene rings is 1. The summed E-state index contributed by atoms with van der Waals surface area (Å²) in [5.74, 6) is -0.695. The molecule has 0 bridgehead atoms. The fourth-order valence-electron chi connectivity index (χ4n) is 2.41. The maximum absolute atomic E-state index is 11.8. The van der Waals surface area contributed by atoms with Crippen LogP contribution >= 0.6 is 11.3 Å². The minimum absolute atomic E-state index is 0.204. The summed E-state index contributed by atoms with van der Waals surface area (Å²) in [5.41, 5.74) is 0. The van der Waals surface area contributed by atoms with Crippen molar-refractivity contribution in [2.45, 2.75) is 44.6 Å². The van der Waals surface area contributed by atoms with Crippen molar-refractivity contribution < 1.29 is 14.3 Å². The summed E-state index contributed by atoms with van der Waals surface area (Å²) >= 11 is 1.54. The first-order chi connectivity index (χ1) is 10.2. The Morgan fingerprint density at radius 1 is 1.29 bits per heavy atom. The van der Waals surface area contributed by atoms with Crippen LogP contribution in [-0.4, -0.2) is 24.5 Å². The molecule has 0 aliphatic heterocycles. The highest BCUT2D eigenvalue weighted by atomic mass is 32.1. The molecule has 0 saturated heterocycles. The maximum Gasteiger partial charge on any atom is 0.331 e. The topological polar surface area (TPSA) is 55.4 Å².